The number of rotatable bonds is 8. The number of carboxylic acids is 1. The summed E-state index contributed by atoms with van der Waals surface area (Å²) in [6, 6.07) is 16.4. The lowest BCUT2D eigenvalue weighted by Gasteiger charge is -2.26. The summed E-state index contributed by atoms with van der Waals surface area (Å²) in [5, 5.41) is 14.7. The van der Waals surface area contributed by atoms with Gasteiger partial charge in [-0.25, -0.2) is 4.79 Å². The van der Waals surface area contributed by atoms with Gasteiger partial charge < -0.3 is 20.5 Å². The first-order valence-electron chi connectivity index (χ1n) is 11.6. The van der Waals surface area contributed by atoms with Crippen molar-refractivity contribution < 1.29 is 24.2 Å². The molecule has 2 aliphatic rings. The highest BCUT2D eigenvalue weighted by atomic mass is 16.5. The Balaban J connectivity index is 1.15. The maximum atomic E-state index is 12.2. The van der Waals surface area contributed by atoms with Crippen LogP contribution in [0.1, 0.15) is 55.6 Å². The van der Waals surface area contributed by atoms with Gasteiger partial charge in [0.25, 0.3) is 0 Å². The number of carbonyl (C=O) groups is 3. The van der Waals surface area contributed by atoms with E-state index in [1.54, 1.807) is 0 Å². The maximum absolute atomic E-state index is 12.2. The Morgan fingerprint density at radius 1 is 0.909 bits per heavy atom. The zero-order valence-electron chi connectivity index (χ0n) is 18.6. The van der Waals surface area contributed by atoms with Crippen LogP contribution in [0, 0.1) is 5.92 Å². The molecule has 0 radical (unpaired) electrons. The normalized spacial score (nSPS) is 19.3. The molecule has 0 unspecified atom stereocenters. The topological polar surface area (TPSA) is 105 Å². The Morgan fingerprint density at radius 2 is 1.52 bits per heavy atom. The minimum Gasteiger partial charge on any atom is -0.481 e. The summed E-state index contributed by atoms with van der Waals surface area (Å²) >= 11 is 0. The summed E-state index contributed by atoms with van der Waals surface area (Å²) in [6.07, 6.45) is 2.93. The Bertz CT molecular complexity index is 968. The van der Waals surface area contributed by atoms with Crippen LogP contribution in [0.4, 0.5) is 4.79 Å². The van der Waals surface area contributed by atoms with Crippen molar-refractivity contribution in [2.75, 3.05) is 13.2 Å². The predicted molar refractivity (Wildman–Crippen MR) is 124 cm³/mol. The molecule has 0 bridgehead atoms. The third-order valence-electron chi connectivity index (χ3n) is 6.64. The smallest absolute Gasteiger partial charge is 0.407 e. The van der Waals surface area contributed by atoms with Crippen LogP contribution in [0.5, 0.6) is 0 Å². The number of carboxylic acid groups (broad SMARTS) is 1. The van der Waals surface area contributed by atoms with Crippen molar-refractivity contribution in [3.63, 3.8) is 0 Å². The molecule has 0 spiro atoms. The average molecular weight is 451 g/mol. The first-order valence-corrected chi connectivity index (χ1v) is 11.6. The molecule has 7 heteroatoms. The molecule has 0 heterocycles. The molecule has 33 heavy (non-hydrogen) atoms. The van der Waals surface area contributed by atoms with Gasteiger partial charge in [0.05, 0.1) is 5.92 Å². The third kappa shape index (κ3) is 5.53. The molecule has 3 N–H and O–H groups in total. The number of hydrogen-bond acceptors (Lipinski definition) is 4. The molecule has 0 saturated heterocycles. The van der Waals surface area contributed by atoms with E-state index in [4.69, 9.17) is 9.84 Å². The minimum absolute atomic E-state index is 0.0187. The van der Waals surface area contributed by atoms with E-state index in [9.17, 15) is 14.4 Å². The van der Waals surface area contributed by atoms with Crippen LogP contribution in [-0.2, 0) is 14.3 Å². The molecule has 1 fully saturated rings. The number of carbonyl (C=O) groups excluding carboxylic acids is 2. The van der Waals surface area contributed by atoms with E-state index in [1.165, 1.54) is 22.3 Å². The molecule has 2 aromatic carbocycles. The summed E-state index contributed by atoms with van der Waals surface area (Å²) in [7, 11) is 0. The zero-order valence-corrected chi connectivity index (χ0v) is 18.6. The fourth-order valence-electron chi connectivity index (χ4n) is 4.87. The summed E-state index contributed by atoms with van der Waals surface area (Å²) in [5.41, 5.74) is 4.70. The lowest BCUT2D eigenvalue weighted by molar-refractivity contribution is -0.142. The van der Waals surface area contributed by atoms with E-state index in [0.29, 0.717) is 45.1 Å². The molecule has 1 saturated carbocycles. The van der Waals surface area contributed by atoms with Crippen LogP contribution in [0.2, 0.25) is 0 Å². The second-order valence-corrected chi connectivity index (χ2v) is 8.81. The highest BCUT2D eigenvalue weighted by Crippen LogP contribution is 2.44. The molecule has 0 atom stereocenters. The van der Waals surface area contributed by atoms with Gasteiger partial charge in [-0.3, -0.25) is 9.59 Å². The number of alkyl carbamates (subject to hydrolysis) is 1. The largest absolute Gasteiger partial charge is 0.481 e. The highest BCUT2D eigenvalue weighted by molar-refractivity contribution is 5.79. The summed E-state index contributed by atoms with van der Waals surface area (Å²) in [4.78, 5) is 35.3. The van der Waals surface area contributed by atoms with Gasteiger partial charge in [0.2, 0.25) is 5.91 Å². The number of aliphatic carboxylic acids is 1. The molecule has 2 aliphatic carbocycles. The van der Waals surface area contributed by atoms with Gasteiger partial charge >= 0.3 is 12.1 Å². The minimum atomic E-state index is -0.751. The van der Waals surface area contributed by atoms with E-state index in [-0.39, 0.29) is 30.4 Å². The van der Waals surface area contributed by atoms with Gasteiger partial charge in [-0.05, 0) is 54.4 Å². The summed E-state index contributed by atoms with van der Waals surface area (Å²) in [5.74, 6) is -1.09. The Hall–Kier alpha value is -3.35. The SMILES string of the molecule is O=C(CCCNC(=O)OCC1c2ccccc2-c2ccccc21)NC1CCC(C(=O)O)CC1. The third-order valence-corrected chi connectivity index (χ3v) is 6.64. The molecular formula is C26H30N2O5. The van der Waals surface area contributed by atoms with Crippen molar-refractivity contribution in [2.45, 2.75) is 50.5 Å². The van der Waals surface area contributed by atoms with E-state index >= 15 is 0 Å². The van der Waals surface area contributed by atoms with E-state index in [0.717, 1.165) is 0 Å². The molecule has 0 aromatic heterocycles. The first kappa shape index (κ1) is 22.8. The van der Waals surface area contributed by atoms with Crippen molar-refractivity contribution in [1.82, 2.24) is 10.6 Å². The molecular weight excluding hydrogens is 420 g/mol. The molecule has 7 nitrogen and oxygen atoms in total. The number of hydrogen-bond donors (Lipinski definition) is 3. The number of amides is 2. The van der Waals surface area contributed by atoms with Crippen molar-refractivity contribution in [1.29, 1.82) is 0 Å². The van der Waals surface area contributed by atoms with Crippen LogP contribution in [0.25, 0.3) is 11.1 Å². The zero-order chi connectivity index (χ0) is 23.2. The van der Waals surface area contributed by atoms with Crippen LogP contribution in [-0.4, -0.2) is 42.3 Å². The van der Waals surface area contributed by atoms with E-state index < -0.39 is 12.1 Å². The molecule has 4 rings (SSSR count). The first-order chi connectivity index (χ1) is 16.0. The Labute approximate surface area is 193 Å². The van der Waals surface area contributed by atoms with Gasteiger partial charge in [-0.2, -0.15) is 0 Å². The van der Waals surface area contributed by atoms with Gasteiger partial charge in [-0.1, -0.05) is 48.5 Å². The number of benzene rings is 2. The van der Waals surface area contributed by atoms with Gasteiger partial charge in [0.15, 0.2) is 0 Å². The average Bonchev–Trinajstić information content (AvgIpc) is 3.14. The fourth-order valence-corrected chi connectivity index (χ4v) is 4.87. The quantitative estimate of drug-likeness (QED) is 0.526. The summed E-state index contributed by atoms with van der Waals surface area (Å²) in [6.45, 7) is 0.620. The van der Waals surface area contributed by atoms with Crippen molar-refractivity contribution in [3.05, 3.63) is 59.7 Å². The molecule has 0 aliphatic heterocycles. The summed E-state index contributed by atoms with van der Waals surface area (Å²) < 4.78 is 5.50. The van der Waals surface area contributed by atoms with Crippen molar-refractivity contribution in [3.8, 4) is 11.1 Å². The van der Waals surface area contributed by atoms with Crippen LogP contribution >= 0.6 is 0 Å². The predicted octanol–water partition coefficient (Wildman–Crippen LogP) is 4.06. The van der Waals surface area contributed by atoms with Crippen LogP contribution in [0.15, 0.2) is 48.5 Å². The van der Waals surface area contributed by atoms with E-state index in [2.05, 4.69) is 34.9 Å². The lowest BCUT2D eigenvalue weighted by Crippen LogP contribution is -2.39. The lowest BCUT2D eigenvalue weighted by atomic mass is 9.86. The van der Waals surface area contributed by atoms with Gasteiger partial charge in [0, 0.05) is 24.9 Å². The second kappa shape index (κ2) is 10.5. The van der Waals surface area contributed by atoms with Gasteiger partial charge in [0.1, 0.15) is 6.61 Å². The Morgan fingerprint density at radius 3 is 2.12 bits per heavy atom. The van der Waals surface area contributed by atoms with E-state index in [1.807, 2.05) is 24.3 Å². The highest BCUT2D eigenvalue weighted by Gasteiger charge is 2.29. The Kier molecular flexibility index (Phi) is 7.27. The number of ether oxygens (including phenoxy) is 1. The molecule has 2 amide bonds. The fraction of sp³-hybridized carbons (Fsp3) is 0.423. The van der Waals surface area contributed by atoms with Crippen molar-refractivity contribution in [2.24, 2.45) is 5.92 Å². The standard InChI is InChI=1S/C26H30N2O5/c29-24(28-18-13-11-17(12-14-18)25(30)31)10-5-15-27-26(32)33-16-23-21-8-3-1-6-19(21)20-7-2-4-9-22(20)23/h1-4,6-9,17-18,23H,5,10-16H2,(H,27,32)(H,28,29)(H,30,31). The monoisotopic (exact) mass is 450 g/mol. The maximum Gasteiger partial charge on any atom is 0.407 e. The number of nitrogens with one attached hydrogen (secondary N) is 2. The van der Waals surface area contributed by atoms with Crippen LogP contribution in [0.3, 0.4) is 0 Å². The molecule has 174 valence electrons. The molecule has 2 aromatic rings. The van der Waals surface area contributed by atoms with Crippen molar-refractivity contribution >= 4 is 18.0 Å². The second-order valence-electron chi connectivity index (χ2n) is 8.81. The van der Waals surface area contributed by atoms with Gasteiger partial charge in [-0.15, -0.1) is 0 Å². The van der Waals surface area contributed by atoms with Crippen LogP contribution < -0.4 is 10.6 Å². The number of fused-ring (bicyclic) bond motifs is 3.